The quantitative estimate of drug-likeness (QED) is 0.313. The van der Waals surface area contributed by atoms with Gasteiger partial charge in [-0.05, 0) is 73.9 Å². The molecule has 6 N–H and O–H groups in total. The molecule has 1 fully saturated rings. The Bertz CT molecular complexity index is 1010. The van der Waals surface area contributed by atoms with E-state index >= 15 is 0 Å². The number of nitrogens with two attached hydrogens (primary N) is 2. The number of aromatic nitrogens is 1. The minimum absolute atomic E-state index is 0.0912. The van der Waals surface area contributed by atoms with Crippen LogP contribution in [0.15, 0.2) is 48.8 Å². The summed E-state index contributed by atoms with van der Waals surface area (Å²) in [5.74, 6) is 6.79. The Morgan fingerprint density at radius 2 is 2.24 bits per heavy atom. The lowest BCUT2D eigenvalue weighted by molar-refractivity contribution is -0.137. The van der Waals surface area contributed by atoms with Crippen LogP contribution in [0.3, 0.4) is 0 Å². The maximum atomic E-state index is 11.6. The maximum Gasteiger partial charge on any atom is 0.304 e. The standard InChI is InChI=1S/C26H36N6O2/c27-11-14-32(28)24-5-1-3-21(15-24)22(16-25(33)34)18-31-13-10-19(17-31)6-8-23-9-7-20-4-2-12-29-26(20)30-23/h1,3,5,7,9,11,14-15,19,22H,2,4,6,8,10,12-13,16-18,27-28H2,(H,29,30)(H,33,34)/b14-11-/t19-,22?/m1/s1. The number of carboxylic acids is 1. The van der Waals surface area contributed by atoms with Crippen LogP contribution in [0.4, 0.5) is 11.5 Å². The molecule has 1 aromatic heterocycles. The monoisotopic (exact) mass is 464 g/mol. The van der Waals surface area contributed by atoms with Gasteiger partial charge in [0.2, 0.25) is 0 Å². The molecular formula is C26H36N6O2. The van der Waals surface area contributed by atoms with Gasteiger partial charge in [0, 0.05) is 43.6 Å². The average molecular weight is 465 g/mol. The number of pyridine rings is 1. The van der Waals surface area contributed by atoms with Crippen molar-refractivity contribution in [3.63, 3.8) is 0 Å². The molecule has 8 nitrogen and oxygen atoms in total. The Hall–Kier alpha value is -3.10. The molecule has 2 atom stereocenters. The molecule has 2 aliphatic heterocycles. The topological polar surface area (TPSA) is 121 Å². The fourth-order valence-electron chi connectivity index (χ4n) is 5.10. The number of nitrogens with one attached hydrogen (secondary N) is 1. The van der Waals surface area contributed by atoms with Crippen LogP contribution < -0.4 is 21.9 Å². The highest BCUT2D eigenvalue weighted by Gasteiger charge is 2.27. The van der Waals surface area contributed by atoms with Crippen molar-refractivity contribution >= 4 is 17.5 Å². The second-order valence-corrected chi connectivity index (χ2v) is 9.43. The summed E-state index contributed by atoms with van der Waals surface area (Å²) < 4.78 is 0. The highest BCUT2D eigenvalue weighted by Crippen LogP contribution is 2.29. The van der Waals surface area contributed by atoms with E-state index in [1.54, 1.807) is 6.20 Å². The molecule has 0 radical (unpaired) electrons. The lowest BCUT2D eigenvalue weighted by atomic mass is 9.94. The number of rotatable bonds is 10. The summed E-state index contributed by atoms with van der Waals surface area (Å²) in [5.41, 5.74) is 9.69. The van der Waals surface area contributed by atoms with Crippen LogP contribution >= 0.6 is 0 Å². The van der Waals surface area contributed by atoms with Crippen LogP contribution in [0.5, 0.6) is 0 Å². The molecule has 1 saturated heterocycles. The molecule has 1 unspecified atom stereocenters. The third-order valence-electron chi connectivity index (χ3n) is 6.92. The minimum atomic E-state index is -0.787. The van der Waals surface area contributed by atoms with Crippen LogP contribution in [-0.4, -0.2) is 47.1 Å². The lowest BCUT2D eigenvalue weighted by Crippen LogP contribution is -2.28. The van der Waals surface area contributed by atoms with Crippen LogP contribution in [0.2, 0.25) is 0 Å². The van der Waals surface area contributed by atoms with Crippen LogP contribution in [0.1, 0.15) is 48.4 Å². The second kappa shape index (κ2) is 11.4. The predicted molar refractivity (Wildman–Crippen MR) is 135 cm³/mol. The van der Waals surface area contributed by atoms with Crippen LogP contribution in [-0.2, 0) is 17.6 Å². The molecule has 2 aromatic rings. The number of aryl methyl sites for hydroxylation is 2. The van der Waals surface area contributed by atoms with E-state index in [-0.39, 0.29) is 12.3 Å². The van der Waals surface area contributed by atoms with Gasteiger partial charge in [0.05, 0.1) is 12.1 Å². The van der Waals surface area contributed by atoms with Crippen molar-refractivity contribution in [1.82, 2.24) is 9.88 Å². The van der Waals surface area contributed by atoms with Crippen molar-refractivity contribution in [3.8, 4) is 0 Å². The minimum Gasteiger partial charge on any atom is -0.481 e. The van der Waals surface area contributed by atoms with E-state index in [1.807, 2.05) is 24.3 Å². The first-order valence-electron chi connectivity index (χ1n) is 12.2. The summed E-state index contributed by atoms with van der Waals surface area (Å²) in [4.78, 5) is 18.9. The molecule has 2 aliphatic rings. The van der Waals surface area contributed by atoms with E-state index in [1.165, 1.54) is 23.2 Å². The van der Waals surface area contributed by atoms with Crippen LogP contribution in [0.25, 0.3) is 0 Å². The van der Waals surface area contributed by atoms with E-state index in [4.69, 9.17) is 16.6 Å². The van der Waals surface area contributed by atoms with Crippen molar-refractivity contribution < 1.29 is 9.90 Å². The third-order valence-corrected chi connectivity index (χ3v) is 6.92. The zero-order valence-corrected chi connectivity index (χ0v) is 19.7. The van der Waals surface area contributed by atoms with Gasteiger partial charge in [-0.1, -0.05) is 18.2 Å². The number of hydrogen-bond acceptors (Lipinski definition) is 7. The summed E-state index contributed by atoms with van der Waals surface area (Å²) in [6.45, 7) is 3.73. The van der Waals surface area contributed by atoms with Gasteiger partial charge in [0.15, 0.2) is 0 Å². The molecule has 1 aromatic carbocycles. The largest absolute Gasteiger partial charge is 0.481 e. The Morgan fingerprint density at radius 1 is 1.35 bits per heavy atom. The van der Waals surface area contributed by atoms with Gasteiger partial charge >= 0.3 is 5.97 Å². The number of nitrogens with zero attached hydrogens (tertiary/aromatic N) is 3. The maximum absolute atomic E-state index is 11.6. The summed E-state index contributed by atoms with van der Waals surface area (Å²) >= 11 is 0. The normalized spacial score (nSPS) is 19.0. The molecular weight excluding hydrogens is 428 g/mol. The molecule has 34 heavy (non-hydrogen) atoms. The van der Waals surface area contributed by atoms with Gasteiger partial charge in [-0.25, -0.2) is 10.8 Å². The Morgan fingerprint density at radius 3 is 3.06 bits per heavy atom. The molecule has 0 amide bonds. The van der Waals surface area contributed by atoms with E-state index in [0.717, 1.165) is 74.6 Å². The van der Waals surface area contributed by atoms with Crippen molar-refractivity contribution in [2.45, 2.75) is 44.4 Å². The highest BCUT2D eigenvalue weighted by molar-refractivity contribution is 5.68. The van der Waals surface area contributed by atoms with Crippen molar-refractivity contribution in [1.29, 1.82) is 0 Å². The number of hydrogen-bond donors (Lipinski definition) is 4. The molecule has 0 spiro atoms. The van der Waals surface area contributed by atoms with Gasteiger partial charge in [-0.2, -0.15) is 0 Å². The molecule has 0 aliphatic carbocycles. The zero-order chi connectivity index (χ0) is 23.9. The smallest absolute Gasteiger partial charge is 0.304 e. The third kappa shape index (κ3) is 6.27. The number of fused-ring (bicyclic) bond motifs is 1. The van der Waals surface area contributed by atoms with E-state index < -0.39 is 5.97 Å². The number of aliphatic carboxylic acids is 1. The van der Waals surface area contributed by atoms with E-state index in [9.17, 15) is 9.90 Å². The molecule has 182 valence electrons. The SMILES string of the molecule is N/C=C\N(N)c1cccc(C(CC(=O)O)CN2CC[C@@H](CCc3ccc4c(n3)NCCC4)C2)c1. The second-order valence-electron chi connectivity index (χ2n) is 9.43. The summed E-state index contributed by atoms with van der Waals surface area (Å²) in [6, 6.07) is 12.1. The predicted octanol–water partition coefficient (Wildman–Crippen LogP) is 3.06. The Kier molecular flexibility index (Phi) is 8.03. The van der Waals surface area contributed by atoms with Gasteiger partial charge in [-0.15, -0.1) is 0 Å². The van der Waals surface area contributed by atoms with Gasteiger partial charge in [0.25, 0.3) is 0 Å². The first kappa shape index (κ1) is 24.0. The first-order chi connectivity index (χ1) is 16.5. The lowest BCUT2D eigenvalue weighted by Gasteiger charge is -2.24. The summed E-state index contributed by atoms with van der Waals surface area (Å²) in [6.07, 6.45) is 8.56. The molecule has 0 bridgehead atoms. The Balaban J connectivity index is 1.34. The number of hydrazine groups is 1. The van der Waals surface area contributed by atoms with Crippen molar-refractivity contribution in [2.75, 3.05) is 36.5 Å². The summed E-state index contributed by atoms with van der Waals surface area (Å²) in [5, 5.41) is 14.4. The van der Waals surface area contributed by atoms with Gasteiger partial charge in [-0.3, -0.25) is 9.80 Å². The number of benzene rings is 1. The first-order valence-corrected chi connectivity index (χ1v) is 12.2. The summed E-state index contributed by atoms with van der Waals surface area (Å²) in [7, 11) is 0. The molecule has 0 saturated carbocycles. The molecule has 8 heteroatoms. The number of carboxylic acid groups (broad SMARTS) is 1. The van der Waals surface area contributed by atoms with Crippen molar-refractivity contribution in [3.05, 3.63) is 65.6 Å². The zero-order valence-electron chi connectivity index (χ0n) is 19.7. The van der Waals surface area contributed by atoms with Gasteiger partial charge in [0.1, 0.15) is 5.82 Å². The fraction of sp³-hybridized carbons (Fsp3) is 0.462. The van der Waals surface area contributed by atoms with Crippen molar-refractivity contribution in [2.24, 2.45) is 17.5 Å². The van der Waals surface area contributed by atoms with Crippen LogP contribution in [0, 0.1) is 5.92 Å². The van der Waals surface area contributed by atoms with Gasteiger partial charge < -0.3 is 21.1 Å². The van der Waals surface area contributed by atoms with E-state index in [0.29, 0.717) is 5.92 Å². The molecule has 3 heterocycles. The highest BCUT2D eigenvalue weighted by atomic mass is 16.4. The number of likely N-dealkylation sites (tertiary alicyclic amines) is 1. The Labute approximate surface area is 201 Å². The van der Waals surface area contributed by atoms with E-state index in [2.05, 4.69) is 22.3 Å². The molecule has 4 rings (SSSR count). The number of carbonyl (C=O) groups is 1. The number of anilines is 2. The average Bonchev–Trinajstić information content (AvgIpc) is 3.29. The fourth-order valence-corrected chi connectivity index (χ4v) is 5.10.